The van der Waals surface area contributed by atoms with Gasteiger partial charge in [0.1, 0.15) is 17.5 Å². The number of halogens is 3. The summed E-state index contributed by atoms with van der Waals surface area (Å²) in [6, 6.07) is 9.50. The largest absolute Gasteiger partial charge is 0.466 e. The van der Waals surface area contributed by atoms with Crippen molar-refractivity contribution in [2.75, 3.05) is 6.61 Å². The van der Waals surface area contributed by atoms with Gasteiger partial charge in [0.05, 0.1) is 12.1 Å². The zero-order valence-electron chi connectivity index (χ0n) is 18.8. The van der Waals surface area contributed by atoms with Gasteiger partial charge in [0.25, 0.3) is 0 Å². The molecular weight excluding hydrogens is 433 g/mol. The Kier molecular flexibility index (Phi) is 9.97. The molecule has 33 heavy (non-hydrogen) atoms. The van der Waals surface area contributed by atoms with Gasteiger partial charge in [-0.05, 0) is 61.2 Å². The first kappa shape index (κ1) is 26.0. The summed E-state index contributed by atoms with van der Waals surface area (Å²) in [7, 11) is 0. The topological polar surface area (TPSA) is 85.2 Å². The zero-order chi connectivity index (χ0) is 24.4. The van der Waals surface area contributed by atoms with E-state index in [9.17, 15) is 22.8 Å². The van der Waals surface area contributed by atoms with Crippen molar-refractivity contribution >= 4 is 22.8 Å². The van der Waals surface area contributed by atoms with Crippen LogP contribution in [0.25, 0.3) is 22.2 Å². The van der Waals surface area contributed by atoms with Gasteiger partial charge in [-0.25, -0.2) is 13.2 Å². The fraction of sp³-hybridized carbons (Fsp3) is 0.360. The van der Waals surface area contributed by atoms with E-state index in [0.29, 0.717) is 29.7 Å². The second kappa shape index (κ2) is 12.7. The number of hydrogen-bond donors (Lipinski definition) is 2. The van der Waals surface area contributed by atoms with Crippen LogP contribution in [0, 0.1) is 23.4 Å². The zero-order valence-corrected chi connectivity index (χ0v) is 18.8. The smallest absolute Gasteiger partial charge is 0.305 e. The van der Waals surface area contributed by atoms with Crippen molar-refractivity contribution in [3.63, 3.8) is 0 Å². The second-order valence-corrected chi connectivity index (χ2v) is 7.40. The molecule has 2 fully saturated rings. The maximum atomic E-state index is 13.5. The van der Waals surface area contributed by atoms with Crippen LogP contribution in [0.1, 0.15) is 46.0 Å². The first-order chi connectivity index (χ1) is 15.8. The monoisotopic (exact) mass is 462 g/mol. The van der Waals surface area contributed by atoms with Crippen LogP contribution in [-0.4, -0.2) is 23.5 Å². The van der Waals surface area contributed by atoms with Crippen LogP contribution in [0.2, 0.25) is 0 Å². The molecule has 3 N–H and O–H groups in total. The van der Waals surface area contributed by atoms with Crippen LogP contribution in [0.15, 0.2) is 42.5 Å². The highest BCUT2D eigenvalue weighted by Gasteiger charge is 2.22. The van der Waals surface area contributed by atoms with Gasteiger partial charge < -0.3 is 15.5 Å². The molecule has 1 saturated heterocycles. The molecule has 8 heteroatoms. The number of aromatic nitrogens is 1. The first-order valence-corrected chi connectivity index (χ1v) is 11.0. The van der Waals surface area contributed by atoms with Crippen LogP contribution in [-0.2, 0) is 14.3 Å². The number of primary amides is 1. The molecule has 3 aromatic rings. The second-order valence-electron chi connectivity index (χ2n) is 7.40. The summed E-state index contributed by atoms with van der Waals surface area (Å²) in [5.74, 6) is -1.55. The van der Waals surface area contributed by atoms with E-state index in [1.807, 2.05) is 13.8 Å². The first-order valence-electron chi connectivity index (χ1n) is 11.0. The van der Waals surface area contributed by atoms with E-state index in [1.54, 1.807) is 18.2 Å². The number of cyclic esters (lactones) is 1. The van der Waals surface area contributed by atoms with Crippen molar-refractivity contribution in [3.8, 4) is 11.3 Å². The molecular formula is C25H29F3N2O3. The molecule has 1 aliphatic heterocycles. The molecule has 0 unspecified atom stereocenters. The number of carbonyl (C=O) groups excluding carboxylic acids is 2. The fourth-order valence-electron chi connectivity index (χ4n) is 3.12. The minimum Gasteiger partial charge on any atom is -0.466 e. The van der Waals surface area contributed by atoms with Gasteiger partial charge in [-0.2, -0.15) is 0 Å². The predicted molar refractivity (Wildman–Crippen MR) is 122 cm³/mol. The number of ether oxygens (including phenoxy) is 1. The standard InChI is InChI=1S/C14H8F3N.C5H9NO.C4H6O2.C2H6/c15-10-3-1-8(2-4-10)13-6-9-5-11(16)7-12(17)14(9)18-13;6-5(7)4-2-1-3-4;5-4-2-1-3-6-4;1-2/h1-7,18H;4H,1-3H2,(H2,6,7);1-3H2;1-2H3. The molecule has 0 spiro atoms. The molecule has 1 aliphatic carbocycles. The van der Waals surface area contributed by atoms with E-state index in [4.69, 9.17) is 5.73 Å². The summed E-state index contributed by atoms with van der Waals surface area (Å²) in [5.41, 5.74) is 6.54. The minimum atomic E-state index is -0.640. The molecule has 0 bridgehead atoms. The number of rotatable bonds is 2. The average molecular weight is 463 g/mol. The van der Waals surface area contributed by atoms with Crippen molar-refractivity contribution in [1.29, 1.82) is 0 Å². The summed E-state index contributed by atoms with van der Waals surface area (Å²) in [5, 5.41) is 0.451. The van der Waals surface area contributed by atoms with Crippen LogP contribution in [0.3, 0.4) is 0 Å². The number of aromatic amines is 1. The van der Waals surface area contributed by atoms with Crippen LogP contribution in [0.5, 0.6) is 0 Å². The van der Waals surface area contributed by atoms with Crippen LogP contribution < -0.4 is 5.73 Å². The Labute approximate surface area is 191 Å². The highest BCUT2D eigenvalue weighted by atomic mass is 19.1. The summed E-state index contributed by atoms with van der Waals surface area (Å²) in [6.45, 7) is 4.64. The van der Waals surface area contributed by atoms with Gasteiger partial charge >= 0.3 is 5.97 Å². The van der Waals surface area contributed by atoms with E-state index in [-0.39, 0.29) is 29.1 Å². The van der Waals surface area contributed by atoms with Gasteiger partial charge in [-0.3, -0.25) is 9.59 Å². The van der Waals surface area contributed by atoms with E-state index in [0.717, 1.165) is 25.3 Å². The number of hydrogen-bond acceptors (Lipinski definition) is 3. The molecule has 2 aliphatic rings. The van der Waals surface area contributed by atoms with Crippen LogP contribution >= 0.6 is 0 Å². The Morgan fingerprint density at radius 1 is 1.00 bits per heavy atom. The third kappa shape index (κ3) is 7.66. The Morgan fingerprint density at radius 2 is 1.67 bits per heavy atom. The lowest BCUT2D eigenvalue weighted by Crippen LogP contribution is -2.28. The number of fused-ring (bicyclic) bond motifs is 1. The minimum absolute atomic E-state index is 0.0463. The van der Waals surface area contributed by atoms with E-state index >= 15 is 0 Å². The van der Waals surface area contributed by atoms with Crippen molar-refractivity contribution < 1.29 is 27.5 Å². The van der Waals surface area contributed by atoms with Gasteiger partial charge in [0.2, 0.25) is 5.91 Å². The molecule has 2 aromatic carbocycles. The Morgan fingerprint density at radius 3 is 2.09 bits per heavy atom. The molecule has 1 amide bonds. The molecule has 1 saturated carbocycles. The number of benzene rings is 2. The molecule has 5 nitrogen and oxygen atoms in total. The Bertz CT molecular complexity index is 1050. The van der Waals surface area contributed by atoms with Gasteiger partial charge in [0, 0.05) is 29.5 Å². The number of carbonyl (C=O) groups is 2. The summed E-state index contributed by atoms with van der Waals surface area (Å²) < 4.78 is 43.9. The lowest BCUT2D eigenvalue weighted by Gasteiger charge is -2.20. The van der Waals surface area contributed by atoms with Crippen molar-refractivity contribution in [3.05, 3.63) is 59.9 Å². The predicted octanol–water partition coefficient (Wildman–Crippen LogP) is 5.87. The third-order valence-electron chi connectivity index (χ3n) is 5.10. The van der Waals surface area contributed by atoms with Gasteiger partial charge in [0.15, 0.2) is 0 Å². The summed E-state index contributed by atoms with van der Waals surface area (Å²) >= 11 is 0. The lowest BCUT2D eigenvalue weighted by molar-refractivity contribution is -0.138. The Hall–Kier alpha value is -3.29. The summed E-state index contributed by atoms with van der Waals surface area (Å²) in [4.78, 5) is 23.1. The highest BCUT2D eigenvalue weighted by Crippen LogP contribution is 2.27. The Balaban J connectivity index is 0.000000210. The van der Waals surface area contributed by atoms with E-state index in [1.165, 1.54) is 24.6 Å². The van der Waals surface area contributed by atoms with Crippen molar-refractivity contribution in [2.24, 2.45) is 11.7 Å². The quantitative estimate of drug-likeness (QED) is 0.467. The normalized spacial score (nSPS) is 14.5. The molecule has 0 radical (unpaired) electrons. The summed E-state index contributed by atoms with van der Waals surface area (Å²) in [6.07, 6.45) is 4.77. The van der Waals surface area contributed by atoms with Crippen LogP contribution in [0.4, 0.5) is 13.2 Å². The van der Waals surface area contributed by atoms with E-state index in [2.05, 4.69) is 9.72 Å². The maximum Gasteiger partial charge on any atom is 0.305 e. The number of nitrogens with two attached hydrogens (primary N) is 1. The SMILES string of the molecule is CC.Fc1ccc(-c2cc3cc(F)cc(F)c3[nH]2)cc1.NC(=O)C1CCC1.O=C1CCCO1. The fourth-order valence-corrected chi connectivity index (χ4v) is 3.12. The number of H-pyrrole nitrogens is 1. The average Bonchev–Trinajstić information content (AvgIpc) is 3.38. The third-order valence-corrected chi connectivity index (χ3v) is 5.10. The number of amides is 1. The molecule has 178 valence electrons. The number of nitrogens with one attached hydrogen (secondary N) is 1. The molecule has 1 aromatic heterocycles. The lowest BCUT2D eigenvalue weighted by atomic mass is 9.85. The van der Waals surface area contributed by atoms with Gasteiger partial charge in [-0.1, -0.05) is 20.3 Å². The molecule has 5 rings (SSSR count). The van der Waals surface area contributed by atoms with Gasteiger partial charge in [-0.15, -0.1) is 0 Å². The van der Waals surface area contributed by atoms with Crippen molar-refractivity contribution in [1.82, 2.24) is 4.98 Å². The number of esters is 1. The van der Waals surface area contributed by atoms with E-state index < -0.39 is 11.6 Å². The molecule has 2 heterocycles. The highest BCUT2D eigenvalue weighted by molar-refractivity contribution is 5.86. The molecule has 0 atom stereocenters. The van der Waals surface area contributed by atoms with Crippen molar-refractivity contribution in [2.45, 2.75) is 46.0 Å². The maximum absolute atomic E-state index is 13.5.